The molecule has 0 radical (unpaired) electrons. The average molecular weight is 310 g/mol. The number of hydrogen-bond acceptors (Lipinski definition) is 5. The van der Waals surface area contributed by atoms with Gasteiger partial charge in [-0.3, -0.25) is 0 Å². The first-order chi connectivity index (χ1) is 8.72. The minimum absolute atomic E-state index is 0.299. The molecule has 0 bridgehead atoms. The van der Waals surface area contributed by atoms with Crippen LogP contribution in [0.5, 0.6) is 5.75 Å². The second-order valence-corrected chi connectivity index (χ2v) is 4.97. The van der Waals surface area contributed by atoms with Gasteiger partial charge in [-0.2, -0.15) is 4.98 Å². The number of H-pyrrole nitrogens is 1. The summed E-state index contributed by atoms with van der Waals surface area (Å²) in [6.45, 7) is 1.34. The Balaban J connectivity index is 1.80. The van der Waals surface area contributed by atoms with E-state index in [2.05, 4.69) is 42.5 Å². The molecule has 0 saturated carbocycles. The van der Waals surface area contributed by atoms with Gasteiger partial charge in [0.2, 0.25) is 11.9 Å². The van der Waals surface area contributed by atoms with Crippen molar-refractivity contribution in [2.24, 2.45) is 0 Å². The highest BCUT2D eigenvalue weighted by atomic mass is 79.9. The molecule has 1 aromatic heterocycles. The Hall–Kier alpha value is -1.76. The molecular formula is C11H12BrN5O. The number of nitrogens with two attached hydrogens (primary N) is 1. The number of nitrogen functional groups attached to an aromatic ring is 1. The number of aromatic nitrogens is 3. The van der Waals surface area contributed by atoms with Crippen LogP contribution in [0.15, 0.2) is 16.6 Å². The topological polar surface area (TPSA) is 88.8 Å². The molecule has 4 N–H and O–H groups in total. The van der Waals surface area contributed by atoms with Crippen LogP contribution in [0.4, 0.5) is 11.9 Å². The number of halogens is 1. The molecule has 1 aliphatic rings. The number of hydrogen-bond donors (Lipinski definition) is 3. The van der Waals surface area contributed by atoms with Crippen molar-refractivity contribution in [3.05, 3.63) is 27.7 Å². The third-order valence-corrected chi connectivity index (χ3v) is 3.22. The third-order valence-electron chi connectivity index (χ3n) is 2.76. The summed E-state index contributed by atoms with van der Waals surface area (Å²) in [5, 5.41) is 9.61. The van der Waals surface area contributed by atoms with E-state index in [1.807, 2.05) is 6.07 Å². The molecule has 1 aliphatic heterocycles. The molecule has 0 fully saturated rings. The molecule has 18 heavy (non-hydrogen) atoms. The summed E-state index contributed by atoms with van der Waals surface area (Å²) in [5.74, 6) is 1.75. The van der Waals surface area contributed by atoms with Gasteiger partial charge < -0.3 is 15.8 Å². The second-order valence-electron chi connectivity index (χ2n) is 4.05. The monoisotopic (exact) mass is 309 g/mol. The van der Waals surface area contributed by atoms with Gasteiger partial charge >= 0.3 is 0 Å². The van der Waals surface area contributed by atoms with Crippen LogP contribution in [0.25, 0.3) is 0 Å². The first-order valence-corrected chi connectivity index (χ1v) is 6.37. The van der Waals surface area contributed by atoms with Crippen molar-refractivity contribution in [3.8, 4) is 5.75 Å². The number of aromatic amines is 1. The van der Waals surface area contributed by atoms with Crippen LogP contribution in [-0.2, 0) is 13.0 Å². The lowest BCUT2D eigenvalue weighted by molar-refractivity contribution is 0.354. The highest BCUT2D eigenvalue weighted by Gasteiger charge is 2.17. The zero-order valence-corrected chi connectivity index (χ0v) is 11.1. The Morgan fingerprint density at radius 1 is 1.50 bits per heavy atom. The van der Waals surface area contributed by atoms with Gasteiger partial charge in [0.1, 0.15) is 5.75 Å². The van der Waals surface area contributed by atoms with Gasteiger partial charge in [0.25, 0.3) is 0 Å². The second kappa shape index (κ2) is 4.49. The summed E-state index contributed by atoms with van der Waals surface area (Å²) in [6, 6.07) is 4.13. The first kappa shape index (κ1) is 11.3. The van der Waals surface area contributed by atoms with E-state index >= 15 is 0 Å². The van der Waals surface area contributed by atoms with Gasteiger partial charge in [-0.25, -0.2) is 5.10 Å². The summed E-state index contributed by atoms with van der Waals surface area (Å²) in [6.07, 6.45) is 0.954. The van der Waals surface area contributed by atoms with E-state index in [0.717, 1.165) is 28.8 Å². The van der Waals surface area contributed by atoms with Crippen molar-refractivity contribution in [2.45, 2.75) is 13.0 Å². The highest BCUT2D eigenvalue weighted by molar-refractivity contribution is 9.10. The lowest BCUT2D eigenvalue weighted by Crippen LogP contribution is -2.03. The van der Waals surface area contributed by atoms with E-state index in [1.165, 1.54) is 5.56 Å². The molecule has 0 aliphatic carbocycles. The molecular weight excluding hydrogens is 298 g/mol. The van der Waals surface area contributed by atoms with Crippen LogP contribution in [-0.4, -0.2) is 21.8 Å². The lowest BCUT2D eigenvalue weighted by atomic mass is 10.1. The van der Waals surface area contributed by atoms with Gasteiger partial charge in [-0.1, -0.05) is 15.9 Å². The SMILES string of the molecule is Nc1nc(NCc2cc(Br)cc3c2OCC3)n[nH]1. The van der Waals surface area contributed by atoms with E-state index in [0.29, 0.717) is 18.4 Å². The van der Waals surface area contributed by atoms with Gasteiger partial charge in [0.15, 0.2) is 0 Å². The predicted molar refractivity (Wildman–Crippen MR) is 71.5 cm³/mol. The van der Waals surface area contributed by atoms with Crippen LogP contribution >= 0.6 is 15.9 Å². The summed E-state index contributed by atoms with van der Waals surface area (Å²) < 4.78 is 6.70. The predicted octanol–water partition coefficient (Wildman–Crippen LogP) is 1.70. The smallest absolute Gasteiger partial charge is 0.243 e. The van der Waals surface area contributed by atoms with Gasteiger partial charge in [-0.05, 0) is 17.7 Å². The molecule has 2 aromatic rings. The van der Waals surface area contributed by atoms with Crippen LogP contribution in [0.3, 0.4) is 0 Å². The maximum absolute atomic E-state index is 5.64. The maximum Gasteiger partial charge on any atom is 0.243 e. The Kier molecular flexibility index (Phi) is 2.83. The van der Waals surface area contributed by atoms with Gasteiger partial charge in [0.05, 0.1) is 6.61 Å². The van der Waals surface area contributed by atoms with Crippen LogP contribution in [0, 0.1) is 0 Å². The molecule has 0 atom stereocenters. The minimum atomic E-state index is 0.299. The largest absolute Gasteiger partial charge is 0.493 e. The zero-order valence-electron chi connectivity index (χ0n) is 9.53. The molecule has 2 heterocycles. The average Bonchev–Trinajstić information content (AvgIpc) is 2.94. The van der Waals surface area contributed by atoms with Crippen molar-refractivity contribution in [2.75, 3.05) is 17.7 Å². The number of anilines is 2. The molecule has 0 saturated heterocycles. The molecule has 0 unspecified atom stereocenters. The fraction of sp³-hybridized carbons (Fsp3) is 0.273. The normalized spacial score (nSPS) is 13.2. The lowest BCUT2D eigenvalue weighted by Gasteiger charge is -2.09. The Bertz CT molecular complexity index is 583. The van der Waals surface area contributed by atoms with E-state index in [4.69, 9.17) is 10.5 Å². The number of benzene rings is 1. The first-order valence-electron chi connectivity index (χ1n) is 5.58. The molecule has 3 rings (SSSR count). The number of nitrogens with zero attached hydrogens (tertiary/aromatic N) is 2. The fourth-order valence-electron chi connectivity index (χ4n) is 2.00. The number of fused-ring (bicyclic) bond motifs is 1. The third kappa shape index (κ3) is 2.13. The van der Waals surface area contributed by atoms with Crippen LogP contribution in [0.1, 0.15) is 11.1 Å². The Morgan fingerprint density at radius 3 is 3.17 bits per heavy atom. The van der Waals surface area contributed by atoms with Crippen molar-refractivity contribution < 1.29 is 4.74 Å². The Morgan fingerprint density at radius 2 is 2.39 bits per heavy atom. The van der Waals surface area contributed by atoms with Crippen molar-refractivity contribution in [1.29, 1.82) is 0 Å². The van der Waals surface area contributed by atoms with E-state index in [9.17, 15) is 0 Å². The van der Waals surface area contributed by atoms with Gasteiger partial charge in [-0.15, -0.1) is 5.10 Å². The van der Waals surface area contributed by atoms with Crippen molar-refractivity contribution in [3.63, 3.8) is 0 Å². The fourth-order valence-corrected chi connectivity index (χ4v) is 2.56. The molecule has 7 heteroatoms. The number of nitrogens with one attached hydrogen (secondary N) is 2. The minimum Gasteiger partial charge on any atom is -0.493 e. The van der Waals surface area contributed by atoms with E-state index in [1.54, 1.807) is 0 Å². The Labute approximate surface area is 112 Å². The highest BCUT2D eigenvalue weighted by Crippen LogP contribution is 2.33. The summed E-state index contributed by atoms with van der Waals surface area (Å²) in [5.41, 5.74) is 7.78. The van der Waals surface area contributed by atoms with Crippen LogP contribution < -0.4 is 15.8 Å². The summed E-state index contributed by atoms with van der Waals surface area (Å²) in [7, 11) is 0. The maximum atomic E-state index is 5.64. The molecule has 6 nitrogen and oxygen atoms in total. The molecule has 1 aromatic carbocycles. The van der Waals surface area contributed by atoms with E-state index in [-0.39, 0.29) is 0 Å². The summed E-state index contributed by atoms with van der Waals surface area (Å²) in [4.78, 5) is 3.99. The molecule has 94 valence electrons. The zero-order chi connectivity index (χ0) is 12.5. The summed E-state index contributed by atoms with van der Waals surface area (Å²) >= 11 is 3.51. The standard InChI is InChI=1S/C11H12BrN5O/c12-8-3-6-1-2-18-9(6)7(4-8)5-14-11-15-10(13)16-17-11/h3-4H,1-2,5H2,(H4,13,14,15,16,17). The quantitative estimate of drug-likeness (QED) is 0.803. The number of rotatable bonds is 3. The van der Waals surface area contributed by atoms with Gasteiger partial charge in [0, 0.05) is 23.0 Å². The van der Waals surface area contributed by atoms with E-state index < -0.39 is 0 Å². The number of ether oxygens (including phenoxy) is 1. The van der Waals surface area contributed by atoms with Crippen molar-refractivity contribution in [1.82, 2.24) is 15.2 Å². The molecule has 0 spiro atoms. The van der Waals surface area contributed by atoms with Crippen LogP contribution in [0.2, 0.25) is 0 Å². The van der Waals surface area contributed by atoms with Crippen molar-refractivity contribution >= 4 is 27.8 Å². The molecule has 0 amide bonds.